The van der Waals surface area contributed by atoms with E-state index in [0.717, 1.165) is 35.2 Å². The Morgan fingerprint density at radius 1 is 1.02 bits per heavy atom. The summed E-state index contributed by atoms with van der Waals surface area (Å²) in [4.78, 5) is 18.2. The molecule has 5 rings (SSSR count). The Labute approximate surface area is 239 Å². The molecule has 3 aromatic carbocycles. The molecule has 10 heteroatoms. The van der Waals surface area contributed by atoms with Crippen LogP contribution in [-0.4, -0.2) is 54.0 Å². The van der Waals surface area contributed by atoms with Gasteiger partial charge in [-0.05, 0) is 63.1 Å². The van der Waals surface area contributed by atoms with Crippen LogP contribution in [0.1, 0.15) is 24.0 Å². The number of anilines is 1. The fourth-order valence-corrected chi connectivity index (χ4v) is 6.13. The summed E-state index contributed by atoms with van der Waals surface area (Å²) in [7, 11) is -3.99. The molecule has 1 atom stereocenters. The molecule has 1 fully saturated rings. The molecular formula is C30H31ClN4O4S. The molecule has 0 saturated carbocycles. The molecule has 1 N–H and O–H groups in total. The van der Waals surface area contributed by atoms with Crippen molar-refractivity contribution >= 4 is 33.5 Å². The Morgan fingerprint density at radius 3 is 2.30 bits per heavy atom. The molecular weight excluding hydrogens is 548 g/mol. The molecule has 2 heterocycles. The van der Waals surface area contributed by atoms with E-state index in [-0.39, 0.29) is 17.5 Å². The predicted octanol–water partition coefficient (Wildman–Crippen LogP) is 5.62. The van der Waals surface area contributed by atoms with Gasteiger partial charge in [-0.3, -0.25) is 14.7 Å². The number of nitrogens with zero attached hydrogens (tertiary/aromatic N) is 3. The minimum Gasteiger partial charge on any atom is -0.377 e. The molecule has 4 aromatic rings. The first kappa shape index (κ1) is 28.0. The summed E-state index contributed by atoms with van der Waals surface area (Å²) in [5.74, 6) is -0.213. The summed E-state index contributed by atoms with van der Waals surface area (Å²) < 4.78 is 35.8. The molecule has 40 heavy (non-hydrogen) atoms. The van der Waals surface area contributed by atoms with Gasteiger partial charge in [-0.2, -0.15) is 4.31 Å². The number of nitrogens with one attached hydrogen (secondary N) is 1. The Kier molecular flexibility index (Phi) is 8.37. The normalized spacial score (nSPS) is 15.4. The lowest BCUT2D eigenvalue weighted by Crippen LogP contribution is -2.42. The molecule has 0 bridgehead atoms. The minimum absolute atomic E-state index is 0.0607. The highest BCUT2D eigenvalue weighted by atomic mass is 35.5. The van der Waals surface area contributed by atoms with Crippen molar-refractivity contribution in [2.75, 3.05) is 25.0 Å². The third kappa shape index (κ3) is 6.45. The maximum Gasteiger partial charge on any atom is 0.243 e. The van der Waals surface area contributed by atoms with Crippen LogP contribution in [0.15, 0.2) is 83.9 Å². The number of hydrogen-bond acceptors (Lipinski definition) is 5. The highest BCUT2D eigenvalue weighted by Crippen LogP contribution is 2.26. The van der Waals surface area contributed by atoms with E-state index in [1.54, 1.807) is 4.57 Å². The molecule has 8 nitrogen and oxygen atoms in total. The van der Waals surface area contributed by atoms with Gasteiger partial charge >= 0.3 is 0 Å². The van der Waals surface area contributed by atoms with Crippen LogP contribution in [0, 0.1) is 13.8 Å². The number of imidazole rings is 1. The zero-order chi connectivity index (χ0) is 28.3. The van der Waals surface area contributed by atoms with Crippen molar-refractivity contribution < 1.29 is 17.9 Å². The zero-order valence-corrected chi connectivity index (χ0v) is 24.0. The third-order valence-electron chi connectivity index (χ3n) is 6.82. The predicted molar refractivity (Wildman–Crippen MR) is 156 cm³/mol. The highest BCUT2D eigenvalue weighted by Gasteiger charge is 2.31. The second-order valence-corrected chi connectivity index (χ2v) is 12.3. The maximum atomic E-state index is 13.6. The Bertz CT molecular complexity index is 1580. The number of benzene rings is 3. The molecule has 208 valence electrons. The van der Waals surface area contributed by atoms with Crippen molar-refractivity contribution in [3.63, 3.8) is 0 Å². The van der Waals surface area contributed by atoms with E-state index in [9.17, 15) is 13.2 Å². The van der Waals surface area contributed by atoms with Gasteiger partial charge in [0.25, 0.3) is 0 Å². The van der Waals surface area contributed by atoms with E-state index >= 15 is 0 Å². The van der Waals surface area contributed by atoms with Gasteiger partial charge in [0.1, 0.15) is 0 Å². The summed E-state index contributed by atoms with van der Waals surface area (Å²) in [6.45, 7) is 4.26. The van der Waals surface area contributed by atoms with Crippen LogP contribution >= 0.6 is 11.6 Å². The first-order chi connectivity index (χ1) is 19.2. The fraction of sp³-hybridized carbons (Fsp3) is 0.267. The van der Waals surface area contributed by atoms with E-state index in [1.165, 1.54) is 28.6 Å². The number of aromatic nitrogens is 2. The van der Waals surface area contributed by atoms with E-state index < -0.39 is 22.5 Å². The van der Waals surface area contributed by atoms with E-state index in [2.05, 4.69) is 5.32 Å². The second kappa shape index (κ2) is 11.9. The smallest absolute Gasteiger partial charge is 0.243 e. The van der Waals surface area contributed by atoms with Gasteiger partial charge in [0.15, 0.2) is 0 Å². The molecule has 1 aliphatic heterocycles. The number of carbonyl (C=O) groups excluding carboxylic acids is 1. The Balaban J connectivity index is 1.44. The number of sulfonamides is 1. The van der Waals surface area contributed by atoms with Crippen molar-refractivity contribution in [3.05, 3.63) is 95.1 Å². The molecule has 1 saturated heterocycles. The monoisotopic (exact) mass is 578 g/mol. The standard InChI is InChI=1S/C30H31ClN4O4S/c1-21-5-9-23(10-6-21)28-19-35(25-13-7-22(2)8-14-25)30(32-28)33-29(36)20-34(18-26-4-3-17-39-26)40(37,38)27-15-11-24(31)12-16-27/h5-16,19,26H,3-4,17-18,20H2,1-2H3,(H,32,33,36)/t26-/m1/s1. The summed E-state index contributed by atoms with van der Waals surface area (Å²) in [5, 5.41) is 3.28. The second-order valence-electron chi connectivity index (χ2n) is 9.96. The Hall–Kier alpha value is -3.50. The molecule has 1 aromatic heterocycles. The first-order valence-corrected chi connectivity index (χ1v) is 14.9. The van der Waals surface area contributed by atoms with Gasteiger partial charge in [-0.25, -0.2) is 13.4 Å². The first-order valence-electron chi connectivity index (χ1n) is 13.1. The van der Waals surface area contributed by atoms with Crippen LogP contribution in [0.2, 0.25) is 5.02 Å². The summed E-state index contributed by atoms with van der Waals surface area (Å²) in [6, 6.07) is 21.7. The molecule has 1 amide bonds. The molecule has 0 spiro atoms. The van der Waals surface area contributed by atoms with Crippen LogP contribution in [0.5, 0.6) is 0 Å². The van der Waals surface area contributed by atoms with Gasteiger partial charge in [0.05, 0.1) is 23.2 Å². The molecule has 1 aliphatic rings. The summed E-state index contributed by atoms with van der Waals surface area (Å²) >= 11 is 5.98. The van der Waals surface area contributed by atoms with E-state index in [0.29, 0.717) is 23.3 Å². The van der Waals surface area contributed by atoms with Crippen molar-refractivity contribution in [2.45, 2.75) is 37.7 Å². The van der Waals surface area contributed by atoms with Crippen LogP contribution < -0.4 is 5.32 Å². The molecule has 0 radical (unpaired) electrons. The molecule has 0 aliphatic carbocycles. The number of carbonyl (C=O) groups is 1. The Morgan fingerprint density at radius 2 is 1.68 bits per heavy atom. The average molecular weight is 579 g/mol. The molecule has 0 unspecified atom stereocenters. The van der Waals surface area contributed by atoms with Crippen LogP contribution in [0.25, 0.3) is 16.9 Å². The van der Waals surface area contributed by atoms with Gasteiger partial charge in [0, 0.05) is 35.6 Å². The lowest BCUT2D eigenvalue weighted by atomic mass is 10.1. The third-order valence-corrected chi connectivity index (χ3v) is 8.90. The fourth-order valence-electron chi connectivity index (χ4n) is 4.58. The van der Waals surface area contributed by atoms with Crippen LogP contribution in [0.4, 0.5) is 5.95 Å². The number of ether oxygens (including phenoxy) is 1. The van der Waals surface area contributed by atoms with Crippen molar-refractivity contribution in [3.8, 4) is 16.9 Å². The zero-order valence-electron chi connectivity index (χ0n) is 22.4. The van der Waals surface area contributed by atoms with Gasteiger partial charge in [-0.1, -0.05) is 59.1 Å². The van der Waals surface area contributed by atoms with Gasteiger partial charge in [0.2, 0.25) is 21.9 Å². The lowest BCUT2D eigenvalue weighted by Gasteiger charge is -2.24. The highest BCUT2D eigenvalue weighted by molar-refractivity contribution is 7.89. The summed E-state index contributed by atoms with van der Waals surface area (Å²) in [6.07, 6.45) is 3.16. The summed E-state index contributed by atoms with van der Waals surface area (Å²) in [5.41, 5.74) is 4.63. The van der Waals surface area contributed by atoms with E-state index in [1.807, 2.05) is 68.6 Å². The van der Waals surface area contributed by atoms with Crippen molar-refractivity contribution in [1.29, 1.82) is 0 Å². The quantitative estimate of drug-likeness (QED) is 0.278. The minimum atomic E-state index is -3.99. The van der Waals surface area contributed by atoms with Crippen LogP contribution in [0.3, 0.4) is 0 Å². The number of halogens is 1. The lowest BCUT2D eigenvalue weighted by molar-refractivity contribution is -0.116. The topological polar surface area (TPSA) is 93.5 Å². The van der Waals surface area contributed by atoms with E-state index in [4.69, 9.17) is 21.3 Å². The SMILES string of the molecule is Cc1ccc(-c2cn(-c3ccc(C)cc3)c(NC(=O)CN(C[C@H]3CCCO3)S(=O)(=O)c3ccc(Cl)cc3)n2)cc1. The van der Waals surface area contributed by atoms with Gasteiger partial charge < -0.3 is 4.74 Å². The number of rotatable bonds is 9. The van der Waals surface area contributed by atoms with Crippen molar-refractivity contribution in [2.24, 2.45) is 0 Å². The number of hydrogen-bond donors (Lipinski definition) is 1. The van der Waals surface area contributed by atoms with Crippen molar-refractivity contribution in [1.82, 2.24) is 13.9 Å². The number of amides is 1. The number of aryl methyl sites for hydroxylation is 2. The van der Waals surface area contributed by atoms with Crippen LogP contribution in [-0.2, 0) is 19.6 Å². The van der Waals surface area contributed by atoms with Gasteiger partial charge in [-0.15, -0.1) is 0 Å². The average Bonchev–Trinajstić information content (AvgIpc) is 3.60. The largest absolute Gasteiger partial charge is 0.377 e. The maximum absolute atomic E-state index is 13.6.